The Hall–Kier alpha value is -1.43. The number of aryl methyl sites for hydroxylation is 1. The quantitative estimate of drug-likeness (QED) is 0.718. The number of nitrogens with one attached hydrogen (secondary N) is 1. The van der Waals surface area contributed by atoms with Gasteiger partial charge in [-0.05, 0) is 5.92 Å². The summed E-state index contributed by atoms with van der Waals surface area (Å²) in [6.07, 6.45) is 1.60. The number of hydrogen-bond acceptors (Lipinski definition) is 4. The smallest absolute Gasteiger partial charge is 0.225 e. The molecule has 6 nitrogen and oxygen atoms in total. The Labute approximate surface area is 95.2 Å². The molecule has 0 aliphatic carbocycles. The molecular weight excluding hydrogens is 206 g/mol. The Morgan fingerprint density at radius 3 is 2.75 bits per heavy atom. The Kier molecular flexibility index (Phi) is 4.42. The third-order valence-corrected chi connectivity index (χ3v) is 2.62. The van der Waals surface area contributed by atoms with Crippen molar-refractivity contribution in [3.8, 4) is 0 Å². The molecule has 1 unspecified atom stereocenters. The van der Waals surface area contributed by atoms with Gasteiger partial charge in [0.1, 0.15) is 6.33 Å². The van der Waals surface area contributed by atoms with E-state index in [-0.39, 0.29) is 17.7 Å². The van der Waals surface area contributed by atoms with Gasteiger partial charge in [0.2, 0.25) is 5.91 Å². The zero-order chi connectivity index (χ0) is 12.1. The number of hydrogen-bond donors (Lipinski definition) is 2. The van der Waals surface area contributed by atoms with E-state index in [1.807, 2.05) is 20.9 Å². The van der Waals surface area contributed by atoms with Crippen molar-refractivity contribution in [3.05, 3.63) is 12.2 Å². The van der Waals surface area contributed by atoms with Crippen LogP contribution >= 0.6 is 0 Å². The van der Waals surface area contributed by atoms with E-state index >= 15 is 0 Å². The highest BCUT2D eigenvalue weighted by Gasteiger charge is 2.20. The fourth-order valence-electron chi connectivity index (χ4n) is 1.45. The molecule has 16 heavy (non-hydrogen) atoms. The van der Waals surface area contributed by atoms with E-state index in [9.17, 15) is 4.79 Å². The van der Waals surface area contributed by atoms with Crippen LogP contribution in [0, 0.1) is 11.8 Å². The Morgan fingerprint density at radius 1 is 1.62 bits per heavy atom. The third kappa shape index (κ3) is 3.03. The summed E-state index contributed by atoms with van der Waals surface area (Å²) in [7, 11) is 1.84. The lowest BCUT2D eigenvalue weighted by atomic mass is 9.95. The first-order valence-corrected chi connectivity index (χ1v) is 5.37. The first-order valence-electron chi connectivity index (χ1n) is 5.37. The van der Waals surface area contributed by atoms with E-state index < -0.39 is 0 Å². The highest BCUT2D eigenvalue weighted by molar-refractivity contribution is 5.79. The molecule has 0 aliphatic heterocycles. The average molecular weight is 225 g/mol. The molecule has 1 amide bonds. The highest BCUT2D eigenvalue weighted by atomic mass is 16.1. The lowest BCUT2D eigenvalue weighted by Crippen LogP contribution is -2.38. The molecule has 3 N–H and O–H groups in total. The van der Waals surface area contributed by atoms with E-state index in [0.717, 1.165) is 5.82 Å². The molecule has 1 aromatic heterocycles. The third-order valence-electron chi connectivity index (χ3n) is 2.62. The summed E-state index contributed by atoms with van der Waals surface area (Å²) in [5, 5.41) is 10.4. The van der Waals surface area contributed by atoms with Crippen LogP contribution in [0.25, 0.3) is 0 Å². The van der Waals surface area contributed by atoms with E-state index in [0.29, 0.717) is 13.1 Å². The first-order chi connectivity index (χ1) is 7.56. The van der Waals surface area contributed by atoms with Crippen LogP contribution in [0.1, 0.15) is 19.7 Å². The van der Waals surface area contributed by atoms with Crippen LogP contribution in [0.3, 0.4) is 0 Å². The zero-order valence-corrected chi connectivity index (χ0v) is 9.97. The Morgan fingerprint density at radius 2 is 2.31 bits per heavy atom. The van der Waals surface area contributed by atoms with Gasteiger partial charge in [0.15, 0.2) is 5.82 Å². The topological polar surface area (TPSA) is 85.8 Å². The van der Waals surface area contributed by atoms with Crippen molar-refractivity contribution in [3.63, 3.8) is 0 Å². The van der Waals surface area contributed by atoms with Crippen molar-refractivity contribution >= 4 is 5.91 Å². The standard InChI is InChI=1S/C10H19N5O/c1-7(2)8(4-11)10(16)12-5-9-14-13-6-15(9)3/h6-8H,4-5,11H2,1-3H3,(H,12,16). The summed E-state index contributed by atoms with van der Waals surface area (Å²) in [4.78, 5) is 11.8. The maximum atomic E-state index is 11.8. The van der Waals surface area contributed by atoms with Gasteiger partial charge in [-0.3, -0.25) is 4.79 Å². The molecular formula is C10H19N5O. The van der Waals surface area contributed by atoms with Crippen LogP contribution in [-0.4, -0.2) is 27.2 Å². The predicted octanol–water partition coefficient (Wildman–Crippen LogP) is -0.338. The van der Waals surface area contributed by atoms with E-state index in [1.165, 1.54) is 0 Å². The number of carbonyl (C=O) groups is 1. The van der Waals surface area contributed by atoms with Gasteiger partial charge in [-0.1, -0.05) is 13.8 Å². The van der Waals surface area contributed by atoms with E-state index in [1.54, 1.807) is 10.9 Å². The molecule has 1 aromatic rings. The van der Waals surface area contributed by atoms with Gasteiger partial charge < -0.3 is 15.6 Å². The van der Waals surface area contributed by atoms with Crippen LogP contribution in [0.2, 0.25) is 0 Å². The van der Waals surface area contributed by atoms with Crippen LogP contribution in [-0.2, 0) is 18.4 Å². The van der Waals surface area contributed by atoms with Crippen molar-refractivity contribution in [1.82, 2.24) is 20.1 Å². The van der Waals surface area contributed by atoms with Crippen LogP contribution in [0.4, 0.5) is 0 Å². The Bertz CT molecular complexity index is 347. The molecule has 0 aliphatic rings. The maximum absolute atomic E-state index is 11.8. The molecule has 0 saturated carbocycles. The molecule has 90 valence electrons. The van der Waals surface area contributed by atoms with Crippen LogP contribution in [0.5, 0.6) is 0 Å². The van der Waals surface area contributed by atoms with Gasteiger partial charge in [-0.25, -0.2) is 0 Å². The fourth-order valence-corrected chi connectivity index (χ4v) is 1.45. The molecule has 6 heteroatoms. The van der Waals surface area contributed by atoms with Gasteiger partial charge in [0, 0.05) is 13.6 Å². The number of carbonyl (C=O) groups excluding carboxylic acids is 1. The average Bonchev–Trinajstić information content (AvgIpc) is 2.61. The molecule has 1 rings (SSSR count). The SMILES string of the molecule is CC(C)C(CN)C(=O)NCc1nncn1C. The van der Waals surface area contributed by atoms with Crippen molar-refractivity contribution < 1.29 is 4.79 Å². The second-order valence-electron chi connectivity index (χ2n) is 4.16. The number of rotatable bonds is 5. The number of nitrogens with two attached hydrogens (primary N) is 1. The van der Waals surface area contributed by atoms with Crippen molar-refractivity contribution in [2.24, 2.45) is 24.6 Å². The minimum absolute atomic E-state index is 0.0273. The van der Waals surface area contributed by atoms with E-state index in [2.05, 4.69) is 15.5 Å². The van der Waals surface area contributed by atoms with Gasteiger partial charge in [-0.15, -0.1) is 10.2 Å². The normalized spacial score (nSPS) is 12.8. The fraction of sp³-hybridized carbons (Fsp3) is 0.700. The molecule has 0 saturated heterocycles. The number of amides is 1. The molecule has 0 radical (unpaired) electrons. The summed E-state index contributed by atoms with van der Waals surface area (Å²) in [5.74, 6) is 0.797. The Balaban J connectivity index is 2.49. The summed E-state index contributed by atoms with van der Waals surface area (Å²) in [6.45, 7) is 4.72. The zero-order valence-electron chi connectivity index (χ0n) is 9.97. The molecule has 0 fully saturated rings. The van der Waals surface area contributed by atoms with Gasteiger partial charge >= 0.3 is 0 Å². The van der Waals surface area contributed by atoms with Crippen LogP contribution in [0.15, 0.2) is 6.33 Å². The van der Waals surface area contributed by atoms with Crippen molar-refractivity contribution in [2.45, 2.75) is 20.4 Å². The summed E-state index contributed by atoms with van der Waals surface area (Å²) in [6, 6.07) is 0. The number of aromatic nitrogens is 3. The minimum atomic E-state index is -0.145. The summed E-state index contributed by atoms with van der Waals surface area (Å²) < 4.78 is 1.77. The molecule has 0 spiro atoms. The van der Waals surface area contributed by atoms with E-state index in [4.69, 9.17) is 5.73 Å². The van der Waals surface area contributed by atoms with Crippen molar-refractivity contribution in [1.29, 1.82) is 0 Å². The molecule has 1 atom stereocenters. The second kappa shape index (κ2) is 5.60. The van der Waals surface area contributed by atoms with Gasteiger partial charge in [0.05, 0.1) is 12.5 Å². The predicted molar refractivity (Wildman–Crippen MR) is 60.2 cm³/mol. The largest absolute Gasteiger partial charge is 0.349 e. The highest BCUT2D eigenvalue weighted by Crippen LogP contribution is 2.09. The minimum Gasteiger partial charge on any atom is -0.349 e. The second-order valence-corrected chi connectivity index (χ2v) is 4.16. The lowest BCUT2D eigenvalue weighted by molar-refractivity contribution is -0.126. The molecule has 1 heterocycles. The molecule has 0 aromatic carbocycles. The first kappa shape index (κ1) is 12.6. The van der Waals surface area contributed by atoms with Gasteiger partial charge in [0.25, 0.3) is 0 Å². The van der Waals surface area contributed by atoms with Crippen LogP contribution < -0.4 is 11.1 Å². The van der Waals surface area contributed by atoms with Gasteiger partial charge in [-0.2, -0.15) is 0 Å². The summed E-state index contributed by atoms with van der Waals surface area (Å²) >= 11 is 0. The van der Waals surface area contributed by atoms with Crippen molar-refractivity contribution in [2.75, 3.05) is 6.54 Å². The lowest BCUT2D eigenvalue weighted by Gasteiger charge is -2.17. The monoisotopic (exact) mass is 225 g/mol. The summed E-state index contributed by atoms with van der Waals surface area (Å²) in [5.41, 5.74) is 5.56. The number of nitrogens with zero attached hydrogens (tertiary/aromatic N) is 3. The maximum Gasteiger partial charge on any atom is 0.225 e. The molecule has 0 bridgehead atoms.